The van der Waals surface area contributed by atoms with Crippen LogP contribution in [0.4, 0.5) is 4.39 Å². The number of benzene rings is 1. The molecule has 1 heterocycles. The van der Waals surface area contributed by atoms with Gasteiger partial charge < -0.3 is 20.5 Å². The smallest absolute Gasteiger partial charge is 0.222 e. The Labute approximate surface area is 146 Å². The van der Waals surface area contributed by atoms with E-state index in [1.54, 1.807) is 25.1 Å². The monoisotopic (exact) mass is 352 g/mol. The molecule has 3 atom stereocenters. The second-order valence-electron chi connectivity index (χ2n) is 6.16. The molecule has 7 heteroatoms. The second-order valence-corrected chi connectivity index (χ2v) is 6.16. The molecule has 1 aromatic carbocycles. The lowest BCUT2D eigenvalue weighted by molar-refractivity contribution is -0.135. The highest BCUT2D eigenvalue weighted by Gasteiger charge is 2.32. The Kier molecular flexibility index (Phi) is 7.33. The van der Waals surface area contributed by atoms with Gasteiger partial charge in [0, 0.05) is 18.5 Å². The lowest BCUT2D eigenvalue weighted by Gasteiger charge is -2.36. The fourth-order valence-electron chi connectivity index (χ4n) is 2.87. The molecule has 0 spiro atoms. The van der Waals surface area contributed by atoms with Crippen molar-refractivity contribution in [3.8, 4) is 0 Å². The van der Waals surface area contributed by atoms with Gasteiger partial charge in [0.2, 0.25) is 11.8 Å². The number of carbonyl (C=O) groups excluding carboxylic acids is 2. The largest absolute Gasteiger partial charge is 0.394 e. The summed E-state index contributed by atoms with van der Waals surface area (Å²) in [5, 5.41) is 15.0. The van der Waals surface area contributed by atoms with Crippen LogP contribution in [-0.4, -0.2) is 41.8 Å². The highest BCUT2D eigenvalue weighted by atomic mass is 19.1. The van der Waals surface area contributed by atoms with Crippen molar-refractivity contribution in [2.45, 2.75) is 57.4 Å². The summed E-state index contributed by atoms with van der Waals surface area (Å²) in [4.78, 5) is 23.6. The molecule has 1 aromatic rings. The van der Waals surface area contributed by atoms with E-state index in [4.69, 9.17) is 4.74 Å². The Hall–Kier alpha value is -1.99. The van der Waals surface area contributed by atoms with Crippen molar-refractivity contribution in [3.05, 3.63) is 35.6 Å². The lowest BCUT2D eigenvalue weighted by Crippen LogP contribution is -2.51. The molecule has 1 aliphatic rings. The van der Waals surface area contributed by atoms with Crippen LogP contribution in [0, 0.1) is 5.82 Å². The van der Waals surface area contributed by atoms with E-state index < -0.39 is 6.10 Å². The Morgan fingerprint density at radius 3 is 2.72 bits per heavy atom. The van der Waals surface area contributed by atoms with E-state index in [0.717, 1.165) is 0 Å². The van der Waals surface area contributed by atoms with Gasteiger partial charge in [-0.15, -0.1) is 0 Å². The maximum atomic E-state index is 13.5. The molecule has 0 radical (unpaired) electrons. The van der Waals surface area contributed by atoms with Gasteiger partial charge in [-0.05, 0) is 18.9 Å². The average molecular weight is 352 g/mol. The standard InChI is InChI=1S/C18H25FN2O4/c1-2-17(23)21-15-8-7-13(25-16(15)11-22)9-18(24)20-10-12-5-3-4-6-14(12)19/h3-6,13,15-16,22H,2,7-11H2,1H3,(H,20,24)(H,21,23)/t13-,15-,16-/m0/s1. The van der Waals surface area contributed by atoms with E-state index in [0.29, 0.717) is 24.8 Å². The molecule has 6 nitrogen and oxygen atoms in total. The van der Waals surface area contributed by atoms with Gasteiger partial charge >= 0.3 is 0 Å². The molecule has 1 fully saturated rings. The van der Waals surface area contributed by atoms with Gasteiger partial charge in [0.15, 0.2) is 0 Å². The van der Waals surface area contributed by atoms with Crippen molar-refractivity contribution in [1.82, 2.24) is 10.6 Å². The predicted molar refractivity (Wildman–Crippen MR) is 90.1 cm³/mol. The van der Waals surface area contributed by atoms with Gasteiger partial charge in [-0.2, -0.15) is 0 Å². The van der Waals surface area contributed by atoms with Crippen LogP contribution in [0.15, 0.2) is 24.3 Å². The number of rotatable bonds is 7. The van der Waals surface area contributed by atoms with Crippen LogP contribution in [0.25, 0.3) is 0 Å². The van der Waals surface area contributed by atoms with E-state index in [1.165, 1.54) is 6.07 Å². The number of halogens is 1. The third kappa shape index (κ3) is 5.79. The van der Waals surface area contributed by atoms with Gasteiger partial charge in [0.05, 0.1) is 25.2 Å². The zero-order valence-electron chi connectivity index (χ0n) is 14.3. The molecular formula is C18H25FN2O4. The van der Waals surface area contributed by atoms with Crippen LogP contribution in [0.1, 0.15) is 38.2 Å². The van der Waals surface area contributed by atoms with E-state index in [9.17, 15) is 19.1 Å². The summed E-state index contributed by atoms with van der Waals surface area (Å²) in [5.41, 5.74) is 0.427. The fourth-order valence-corrected chi connectivity index (χ4v) is 2.87. The van der Waals surface area contributed by atoms with Crippen LogP contribution in [-0.2, 0) is 20.9 Å². The molecule has 0 bridgehead atoms. The maximum Gasteiger partial charge on any atom is 0.222 e. The lowest BCUT2D eigenvalue weighted by atomic mass is 9.96. The first-order chi connectivity index (χ1) is 12.0. The average Bonchev–Trinajstić information content (AvgIpc) is 2.62. The summed E-state index contributed by atoms with van der Waals surface area (Å²) in [6.07, 6.45) is 0.914. The van der Waals surface area contributed by atoms with Crippen molar-refractivity contribution >= 4 is 11.8 Å². The first-order valence-electron chi connectivity index (χ1n) is 8.59. The summed E-state index contributed by atoms with van der Waals surface area (Å²) in [5.74, 6) is -0.680. The number of ether oxygens (including phenoxy) is 1. The Morgan fingerprint density at radius 1 is 1.28 bits per heavy atom. The number of nitrogens with one attached hydrogen (secondary N) is 2. The third-order valence-electron chi connectivity index (χ3n) is 4.31. The Bertz CT molecular complexity index is 596. The number of aliphatic hydroxyl groups excluding tert-OH is 1. The van der Waals surface area contributed by atoms with E-state index in [2.05, 4.69) is 10.6 Å². The van der Waals surface area contributed by atoms with Crippen molar-refractivity contribution in [2.24, 2.45) is 0 Å². The summed E-state index contributed by atoms with van der Waals surface area (Å²) in [6.45, 7) is 1.66. The molecule has 3 N–H and O–H groups in total. The molecule has 2 amide bonds. The highest BCUT2D eigenvalue weighted by molar-refractivity contribution is 5.76. The van der Waals surface area contributed by atoms with Crippen LogP contribution in [0.3, 0.4) is 0 Å². The van der Waals surface area contributed by atoms with Crippen molar-refractivity contribution in [1.29, 1.82) is 0 Å². The molecule has 0 aromatic heterocycles. The molecule has 2 rings (SSSR count). The molecule has 0 aliphatic carbocycles. The van der Waals surface area contributed by atoms with E-state index in [-0.39, 0.29) is 49.3 Å². The SMILES string of the molecule is CCC(=O)N[C@H]1CC[C@@H](CC(=O)NCc2ccccc2F)O[C@H]1CO. The number of amides is 2. The Morgan fingerprint density at radius 2 is 2.04 bits per heavy atom. The quantitative estimate of drug-likeness (QED) is 0.690. The van der Waals surface area contributed by atoms with Gasteiger partial charge in [0.25, 0.3) is 0 Å². The van der Waals surface area contributed by atoms with Crippen molar-refractivity contribution in [2.75, 3.05) is 6.61 Å². The highest BCUT2D eigenvalue weighted by Crippen LogP contribution is 2.22. The maximum absolute atomic E-state index is 13.5. The minimum Gasteiger partial charge on any atom is -0.394 e. The zero-order chi connectivity index (χ0) is 18.2. The van der Waals surface area contributed by atoms with Crippen LogP contribution >= 0.6 is 0 Å². The summed E-state index contributed by atoms with van der Waals surface area (Å²) in [7, 11) is 0. The van der Waals surface area contributed by atoms with Crippen molar-refractivity contribution < 1.29 is 23.8 Å². The predicted octanol–water partition coefficient (Wildman–Crippen LogP) is 1.27. The second kappa shape index (κ2) is 9.48. The topological polar surface area (TPSA) is 87.7 Å². The summed E-state index contributed by atoms with van der Waals surface area (Å²) >= 11 is 0. The van der Waals surface area contributed by atoms with Gasteiger partial charge in [-0.1, -0.05) is 25.1 Å². The molecule has 0 saturated carbocycles. The van der Waals surface area contributed by atoms with Crippen molar-refractivity contribution in [3.63, 3.8) is 0 Å². The van der Waals surface area contributed by atoms with Crippen LogP contribution in [0.2, 0.25) is 0 Å². The van der Waals surface area contributed by atoms with E-state index in [1.807, 2.05) is 0 Å². The number of hydrogen-bond acceptors (Lipinski definition) is 4. The molecule has 1 aliphatic heterocycles. The number of aliphatic hydroxyl groups is 1. The first-order valence-corrected chi connectivity index (χ1v) is 8.59. The number of carbonyl (C=O) groups is 2. The Balaban J connectivity index is 1.80. The summed E-state index contributed by atoms with van der Waals surface area (Å²) < 4.78 is 19.3. The van der Waals surface area contributed by atoms with Gasteiger partial charge in [0.1, 0.15) is 11.9 Å². The van der Waals surface area contributed by atoms with Crippen LogP contribution < -0.4 is 10.6 Å². The fraction of sp³-hybridized carbons (Fsp3) is 0.556. The third-order valence-corrected chi connectivity index (χ3v) is 4.31. The minimum atomic E-state index is -0.520. The molecule has 1 saturated heterocycles. The minimum absolute atomic E-state index is 0.0897. The molecule has 25 heavy (non-hydrogen) atoms. The van der Waals surface area contributed by atoms with Crippen LogP contribution in [0.5, 0.6) is 0 Å². The summed E-state index contributed by atoms with van der Waals surface area (Å²) in [6, 6.07) is 6.04. The molecule has 138 valence electrons. The molecular weight excluding hydrogens is 327 g/mol. The zero-order valence-corrected chi connectivity index (χ0v) is 14.3. The van der Waals surface area contributed by atoms with Gasteiger partial charge in [-0.3, -0.25) is 9.59 Å². The molecule has 0 unspecified atom stereocenters. The number of hydrogen-bond donors (Lipinski definition) is 3. The van der Waals surface area contributed by atoms with E-state index >= 15 is 0 Å². The normalized spacial score (nSPS) is 23.1. The first kappa shape index (κ1) is 19.3. The van der Waals surface area contributed by atoms with Gasteiger partial charge in [-0.25, -0.2) is 4.39 Å².